The molecule has 2 aromatic rings. The predicted octanol–water partition coefficient (Wildman–Crippen LogP) is 2.56. The molecule has 6 nitrogen and oxygen atoms in total. The van der Waals surface area contributed by atoms with Crippen molar-refractivity contribution in [1.29, 1.82) is 0 Å². The number of nitrogens with one attached hydrogen (secondary N) is 2. The van der Waals surface area contributed by atoms with E-state index in [1.807, 2.05) is 0 Å². The molecule has 24 heavy (non-hydrogen) atoms. The molecule has 0 spiro atoms. The van der Waals surface area contributed by atoms with Crippen molar-refractivity contribution in [3.8, 4) is 5.75 Å². The number of hydrogen-bond acceptors (Lipinski definition) is 4. The van der Waals surface area contributed by atoms with Gasteiger partial charge >= 0.3 is 0 Å². The summed E-state index contributed by atoms with van der Waals surface area (Å²) in [5.41, 5.74) is 6.11. The molecule has 2 heterocycles. The van der Waals surface area contributed by atoms with Crippen LogP contribution in [0.1, 0.15) is 27.4 Å². The zero-order valence-electron chi connectivity index (χ0n) is 13.3. The molecule has 2 N–H and O–H groups in total. The smallest absolute Gasteiger partial charge is 0.273 e. The minimum atomic E-state index is -0.419. The van der Waals surface area contributed by atoms with E-state index >= 15 is 0 Å². The Balaban J connectivity index is 1.60. The number of hydrazine groups is 1. The van der Waals surface area contributed by atoms with E-state index in [4.69, 9.17) is 20.8 Å². The van der Waals surface area contributed by atoms with Gasteiger partial charge in [-0.2, -0.15) is 0 Å². The fourth-order valence-corrected chi connectivity index (χ4v) is 2.87. The lowest BCUT2D eigenvalue weighted by atomic mass is 9.96. The number of ether oxygens (including phenoxy) is 1. The van der Waals surface area contributed by atoms with Crippen LogP contribution in [0.4, 0.5) is 0 Å². The summed E-state index contributed by atoms with van der Waals surface area (Å²) in [5.74, 6) is 0.743. The first-order chi connectivity index (χ1) is 11.4. The van der Waals surface area contributed by atoms with E-state index in [-0.39, 0.29) is 12.5 Å². The Morgan fingerprint density at radius 2 is 2.00 bits per heavy atom. The molecular weight excluding hydrogens is 332 g/mol. The number of carbonyl (C=O) groups excluding carboxylic acids is 2. The van der Waals surface area contributed by atoms with Crippen LogP contribution < -0.4 is 15.6 Å². The Morgan fingerprint density at radius 3 is 2.71 bits per heavy atom. The van der Waals surface area contributed by atoms with E-state index in [1.54, 1.807) is 38.1 Å². The normalized spacial score (nSPS) is 16.0. The van der Waals surface area contributed by atoms with Gasteiger partial charge in [0.05, 0.1) is 11.5 Å². The van der Waals surface area contributed by atoms with Crippen LogP contribution in [-0.2, 0) is 11.2 Å². The average molecular weight is 349 g/mol. The molecule has 1 aromatic heterocycles. The highest BCUT2D eigenvalue weighted by molar-refractivity contribution is 6.30. The largest absolute Gasteiger partial charge is 0.492 e. The topological polar surface area (TPSA) is 80.6 Å². The fourth-order valence-electron chi connectivity index (χ4n) is 2.68. The van der Waals surface area contributed by atoms with Crippen molar-refractivity contribution in [2.75, 3.05) is 6.61 Å². The van der Waals surface area contributed by atoms with Crippen LogP contribution in [0, 0.1) is 19.8 Å². The van der Waals surface area contributed by atoms with E-state index < -0.39 is 11.8 Å². The Hall–Kier alpha value is -2.47. The lowest BCUT2D eigenvalue weighted by Gasteiger charge is -2.24. The maximum atomic E-state index is 12.3. The van der Waals surface area contributed by atoms with Crippen molar-refractivity contribution in [2.24, 2.45) is 5.92 Å². The molecule has 0 aliphatic carbocycles. The maximum absolute atomic E-state index is 12.3. The second kappa shape index (κ2) is 6.57. The maximum Gasteiger partial charge on any atom is 0.273 e. The Bertz CT molecular complexity index is 800. The zero-order valence-corrected chi connectivity index (χ0v) is 14.1. The Labute approximate surface area is 144 Å². The SMILES string of the molecule is Cc1cc(C(=O)NNC(=O)[C@H]2COc3ccc(Cl)cc3C2)c(C)o1. The minimum absolute atomic E-state index is 0.250. The molecule has 126 valence electrons. The summed E-state index contributed by atoms with van der Waals surface area (Å²) in [5, 5.41) is 0.595. The van der Waals surface area contributed by atoms with Gasteiger partial charge in [-0.15, -0.1) is 0 Å². The number of furan rings is 1. The van der Waals surface area contributed by atoms with Crippen LogP contribution in [0.2, 0.25) is 5.02 Å². The highest BCUT2D eigenvalue weighted by Crippen LogP contribution is 2.29. The van der Waals surface area contributed by atoms with Gasteiger partial charge in [-0.1, -0.05) is 11.6 Å². The predicted molar refractivity (Wildman–Crippen MR) is 87.9 cm³/mol. The van der Waals surface area contributed by atoms with Gasteiger partial charge in [0.2, 0.25) is 5.91 Å². The molecular formula is C17H17ClN2O4. The number of fused-ring (bicyclic) bond motifs is 1. The Kier molecular flexibility index (Phi) is 4.49. The summed E-state index contributed by atoms with van der Waals surface area (Å²) in [6.45, 7) is 3.70. The summed E-state index contributed by atoms with van der Waals surface area (Å²) in [7, 11) is 0. The van der Waals surface area contributed by atoms with Gasteiger partial charge in [-0.25, -0.2) is 0 Å². The third kappa shape index (κ3) is 3.38. The lowest BCUT2D eigenvalue weighted by Crippen LogP contribution is -2.47. The molecule has 0 unspecified atom stereocenters. The van der Waals surface area contributed by atoms with Gasteiger partial charge in [0.1, 0.15) is 23.9 Å². The van der Waals surface area contributed by atoms with Crippen LogP contribution in [0.3, 0.4) is 0 Å². The molecule has 0 saturated carbocycles. The van der Waals surface area contributed by atoms with Gasteiger partial charge < -0.3 is 9.15 Å². The quantitative estimate of drug-likeness (QED) is 0.817. The van der Waals surface area contributed by atoms with Gasteiger partial charge in [-0.05, 0) is 50.1 Å². The van der Waals surface area contributed by atoms with Gasteiger partial charge in [-0.3, -0.25) is 20.4 Å². The Morgan fingerprint density at radius 1 is 1.21 bits per heavy atom. The van der Waals surface area contributed by atoms with Gasteiger partial charge in [0.15, 0.2) is 0 Å². The molecule has 0 bridgehead atoms. The van der Waals surface area contributed by atoms with Crippen LogP contribution in [0.25, 0.3) is 0 Å². The summed E-state index contributed by atoms with van der Waals surface area (Å²) < 4.78 is 10.9. The number of carbonyl (C=O) groups is 2. The van der Waals surface area contributed by atoms with E-state index in [9.17, 15) is 9.59 Å². The average Bonchev–Trinajstić information content (AvgIpc) is 2.90. The van der Waals surface area contributed by atoms with Gasteiger partial charge in [0.25, 0.3) is 5.91 Å². The second-order valence-electron chi connectivity index (χ2n) is 5.73. The highest BCUT2D eigenvalue weighted by Gasteiger charge is 2.26. The van der Waals surface area contributed by atoms with Crippen molar-refractivity contribution < 1.29 is 18.7 Å². The van der Waals surface area contributed by atoms with E-state index in [1.165, 1.54) is 0 Å². The molecule has 0 saturated heterocycles. The fraction of sp³-hybridized carbons (Fsp3) is 0.294. The van der Waals surface area contributed by atoms with Crippen molar-refractivity contribution >= 4 is 23.4 Å². The number of halogens is 1. The first-order valence-corrected chi connectivity index (χ1v) is 7.90. The summed E-state index contributed by atoms with van der Waals surface area (Å²) in [6, 6.07) is 6.94. The molecule has 1 aliphatic rings. The zero-order chi connectivity index (χ0) is 17.3. The number of rotatable bonds is 2. The van der Waals surface area contributed by atoms with Crippen LogP contribution >= 0.6 is 11.6 Å². The van der Waals surface area contributed by atoms with Crippen molar-refractivity contribution in [1.82, 2.24) is 10.9 Å². The van der Waals surface area contributed by atoms with Crippen molar-refractivity contribution in [2.45, 2.75) is 20.3 Å². The van der Waals surface area contributed by atoms with Crippen LogP contribution in [0.5, 0.6) is 5.75 Å². The molecule has 1 aromatic carbocycles. The van der Waals surface area contributed by atoms with Crippen LogP contribution in [0.15, 0.2) is 28.7 Å². The number of hydrogen-bond donors (Lipinski definition) is 2. The molecule has 0 fully saturated rings. The third-order valence-electron chi connectivity index (χ3n) is 3.88. The number of aryl methyl sites for hydroxylation is 2. The molecule has 0 radical (unpaired) electrons. The summed E-state index contributed by atoms with van der Waals surface area (Å²) >= 11 is 5.97. The van der Waals surface area contributed by atoms with E-state index in [0.29, 0.717) is 28.5 Å². The molecule has 1 aliphatic heterocycles. The number of amides is 2. The molecule has 2 amide bonds. The first-order valence-electron chi connectivity index (χ1n) is 7.52. The number of benzene rings is 1. The standard InChI is InChI=1S/C17H17ClN2O4/c1-9-5-14(10(2)24-9)17(22)20-19-16(21)12-6-11-7-13(18)3-4-15(11)23-8-12/h3-5,7,12H,6,8H2,1-2H3,(H,19,21)(H,20,22)/t12-/m1/s1. The van der Waals surface area contributed by atoms with E-state index in [2.05, 4.69) is 10.9 Å². The minimum Gasteiger partial charge on any atom is -0.492 e. The lowest BCUT2D eigenvalue weighted by molar-refractivity contribution is -0.127. The monoisotopic (exact) mass is 348 g/mol. The second-order valence-corrected chi connectivity index (χ2v) is 6.17. The summed E-state index contributed by atoms with van der Waals surface area (Å²) in [6.07, 6.45) is 0.501. The summed E-state index contributed by atoms with van der Waals surface area (Å²) in [4.78, 5) is 24.3. The van der Waals surface area contributed by atoms with Crippen LogP contribution in [-0.4, -0.2) is 18.4 Å². The molecule has 1 atom stereocenters. The van der Waals surface area contributed by atoms with Crippen molar-refractivity contribution in [3.63, 3.8) is 0 Å². The highest BCUT2D eigenvalue weighted by atomic mass is 35.5. The van der Waals surface area contributed by atoms with E-state index in [0.717, 1.165) is 11.3 Å². The molecule has 7 heteroatoms. The van der Waals surface area contributed by atoms with Crippen molar-refractivity contribution in [3.05, 3.63) is 51.9 Å². The van der Waals surface area contributed by atoms with Gasteiger partial charge in [0, 0.05) is 5.02 Å². The molecule has 3 rings (SSSR count). The first kappa shape index (κ1) is 16.4. The third-order valence-corrected chi connectivity index (χ3v) is 4.12.